The molecule has 1 saturated heterocycles. The van der Waals surface area contributed by atoms with Crippen LogP contribution in [0.25, 0.3) is 5.57 Å². The van der Waals surface area contributed by atoms with Crippen molar-refractivity contribution < 1.29 is 14.3 Å². The van der Waals surface area contributed by atoms with Gasteiger partial charge in [0.1, 0.15) is 5.75 Å². The molecular weight excluding hydrogens is 378 g/mol. The van der Waals surface area contributed by atoms with Gasteiger partial charge in [-0.15, -0.1) is 0 Å². The number of para-hydroxylation sites is 1. The van der Waals surface area contributed by atoms with Crippen LogP contribution in [0.15, 0.2) is 82.6 Å². The second kappa shape index (κ2) is 9.41. The zero-order valence-corrected chi connectivity index (χ0v) is 16.8. The van der Waals surface area contributed by atoms with Gasteiger partial charge in [0.15, 0.2) is 0 Å². The van der Waals surface area contributed by atoms with Gasteiger partial charge in [-0.25, -0.2) is 4.79 Å². The summed E-state index contributed by atoms with van der Waals surface area (Å²) in [6.07, 6.45) is 3.20. The van der Waals surface area contributed by atoms with Gasteiger partial charge < -0.3 is 20.2 Å². The summed E-state index contributed by atoms with van der Waals surface area (Å²) in [5.41, 5.74) is 4.46. The van der Waals surface area contributed by atoms with Crippen molar-refractivity contribution in [2.24, 2.45) is 10.9 Å². The standard InChI is InChI=1S/C24H25N3O3/c25-26-17-19-11-12-21(23(19)27-13-15-29-16-14-27)22(18-7-3-1-4-8-18)24(28)30-20-9-5-2-6-10-20/h1-10,17H,11-16,25H2/b22-21-,26-17-. The van der Waals surface area contributed by atoms with Crippen LogP contribution in [-0.4, -0.2) is 43.4 Å². The molecule has 0 aromatic heterocycles. The Hall–Kier alpha value is -3.38. The summed E-state index contributed by atoms with van der Waals surface area (Å²) in [5.74, 6) is 5.64. The lowest BCUT2D eigenvalue weighted by Crippen LogP contribution is -2.36. The maximum atomic E-state index is 13.4. The Kier molecular flexibility index (Phi) is 6.25. The highest BCUT2D eigenvalue weighted by atomic mass is 16.5. The molecule has 1 aliphatic carbocycles. The SMILES string of the molecule is N/N=C\C1=C(N2CCOCC2)C(=C(\C(=O)Oc2ccccc2)c2ccccc2)/CC1. The van der Waals surface area contributed by atoms with E-state index in [2.05, 4.69) is 10.0 Å². The molecule has 1 heterocycles. The fourth-order valence-electron chi connectivity index (χ4n) is 4.00. The average molecular weight is 403 g/mol. The number of carbonyl (C=O) groups is 1. The summed E-state index contributed by atoms with van der Waals surface area (Å²) in [4.78, 5) is 15.7. The number of ether oxygens (including phenoxy) is 2. The highest BCUT2D eigenvalue weighted by Crippen LogP contribution is 2.39. The Morgan fingerprint density at radius 1 is 1.00 bits per heavy atom. The van der Waals surface area contributed by atoms with Crippen LogP contribution in [-0.2, 0) is 9.53 Å². The number of hydrazone groups is 1. The lowest BCUT2D eigenvalue weighted by Gasteiger charge is -2.32. The molecule has 2 N–H and O–H groups in total. The fourth-order valence-corrected chi connectivity index (χ4v) is 4.00. The smallest absolute Gasteiger partial charge is 0.344 e. The van der Waals surface area contributed by atoms with Crippen molar-refractivity contribution in [2.75, 3.05) is 26.3 Å². The number of hydrogen-bond acceptors (Lipinski definition) is 6. The van der Waals surface area contributed by atoms with E-state index >= 15 is 0 Å². The molecule has 0 spiro atoms. The lowest BCUT2D eigenvalue weighted by molar-refractivity contribution is -0.128. The van der Waals surface area contributed by atoms with Crippen molar-refractivity contribution >= 4 is 17.8 Å². The Labute approximate surface area is 176 Å². The molecular formula is C24H25N3O3. The van der Waals surface area contributed by atoms with Crippen LogP contribution in [0.5, 0.6) is 5.75 Å². The molecule has 0 unspecified atom stereocenters. The van der Waals surface area contributed by atoms with Crippen molar-refractivity contribution in [3.05, 3.63) is 83.1 Å². The topological polar surface area (TPSA) is 77.1 Å². The second-order valence-electron chi connectivity index (χ2n) is 7.17. The van der Waals surface area contributed by atoms with Crippen LogP contribution in [0.3, 0.4) is 0 Å². The van der Waals surface area contributed by atoms with Crippen molar-refractivity contribution in [1.82, 2.24) is 4.90 Å². The highest BCUT2D eigenvalue weighted by molar-refractivity contribution is 6.19. The third-order valence-electron chi connectivity index (χ3n) is 5.31. The molecule has 0 saturated carbocycles. The van der Waals surface area contributed by atoms with Gasteiger partial charge in [-0.05, 0) is 41.7 Å². The van der Waals surface area contributed by atoms with E-state index in [0.717, 1.165) is 48.3 Å². The zero-order valence-electron chi connectivity index (χ0n) is 16.8. The molecule has 2 aromatic carbocycles. The molecule has 2 aliphatic rings. The van der Waals surface area contributed by atoms with Crippen LogP contribution < -0.4 is 10.6 Å². The first kappa shape index (κ1) is 19.9. The summed E-state index contributed by atoms with van der Waals surface area (Å²) in [5, 5.41) is 3.76. The number of hydrogen-bond donors (Lipinski definition) is 1. The van der Waals surface area contributed by atoms with Gasteiger partial charge in [0.05, 0.1) is 25.0 Å². The largest absolute Gasteiger partial charge is 0.423 e. The first-order valence-corrected chi connectivity index (χ1v) is 10.1. The number of morpholine rings is 1. The van der Waals surface area contributed by atoms with Crippen LogP contribution in [0, 0.1) is 0 Å². The third kappa shape index (κ3) is 4.28. The van der Waals surface area contributed by atoms with Crippen LogP contribution in [0.4, 0.5) is 0 Å². The molecule has 0 amide bonds. The molecule has 6 nitrogen and oxygen atoms in total. The molecule has 6 heteroatoms. The van der Waals surface area contributed by atoms with Gasteiger partial charge in [-0.1, -0.05) is 48.5 Å². The number of esters is 1. The van der Waals surface area contributed by atoms with Gasteiger partial charge in [0.2, 0.25) is 0 Å². The van der Waals surface area contributed by atoms with Gasteiger partial charge in [0.25, 0.3) is 0 Å². The minimum atomic E-state index is -0.362. The summed E-state index contributed by atoms with van der Waals surface area (Å²) in [6.45, 7) is 2.82. The van der Waals surface area contributed by atoms with Crippen LogP contribution in [0.1, 0.15) is 18.4 Å². The first-order valence-electron chi connectivity index (χ1n) is 10.1. The average Bonchev–Trinajstić information content (AvgIpc) is 3.19. The fraction of sp³-hybridized carbons (Fsp3) is 0.250. The van der Waals surface area contributed by atoms with E-state index in [9.17, 15) is 4.79 Å². The molecule has 2 aromatic rings. The number of carbonyl (C=O) groups excluding carboxylic acids is 1. The predicted molar refractivity (Wildman–Crippen MR) is 117 cm³/mol. The van der Waals surface area contributed by atoms with Crippen molar-refractivity contribution in [3.8, 4) is 5.75 Å². The van der Waals surface area contributed by atoms with E-state index in [1.807, 2.05) is 48.5 Å². The van der Waals surface area contributed by atoms with E-state index in [-0.39, 0.29) is 5.97 Å². The van der Waals surface area contributed by atoms with E-state index in [0.29, 0.717) is 24.5 Å². The number of nitrogens with zero attached hydrogens (tertiary/aromatic N) is 2. The summed E-state index contributed by atoms with van der Waals surface area (Å²) < 4.78 is 11.3. The Morgan fingerprint density at radius 2 is 1.67 bits per heavy atom. The monoisotopic (exact) mass is 403 g/mol. The lowest BCUT2D eigenvalue weighted by atomic mass is 9.97. The molecule has 0 atom stereocenters. The van der Waals surface area contributed by atoms with Crippen LogP contribution >= 0.6 is 0 Å². The quantitative estimate of drug-likeness (QED) is 0.207. The molecule has 0 bridgehead atoms. The second-order valence-corrected chi connectivity index (χ2v) is 7.17. The zero-order chi connectivity index (χ0) is 20.8. The van der Waals surface area contributed by atoms with Gasteiger partial charge >= 0.3 is 5.97 Å². The molecule has 4 rings (SSSR count). The number of nitrogens with two attached hydrogens (primary N) is 1. The summed E-state index contributed by atoms with van der Waals surface area (Å²) in [7, 11) is 0. The van der Waals surface area contributed by atoms with Crippen molar-refractivity contribution in [2.45, 2.75) is 12.8 Å². The highest BCUT2D eigenvalue weighted by Gasteiger charge is 2.31. The Bertz CT molecular complexity index is 975. The maximum Gasteiger partial charge on any atom is 0.344 e. The molecule has 154 valence electrons. The van der Waals surface area contributed by atoms with Crippen LogP contribution in [0.2, 0.25) is 0 Å². The maximum absolute atomic E-state index is 13.4. The predicted octanol–water partition coefficient (Wildman–Crippen LogP) is 3.37. The van der Waals surface area contributed by atoms with E-state index in [4.69, 9.17) is 15.3 Å². The Balaban J connectivity index is 1.82. The van der Waals surface area contributed by atoms with Crippen molar-refractivity contribution in [1.29, 1.82) is 0 Å². The van der Waals surface area contributed by atoms with Gasteiger partial charge in [-0.2, -0.15) is 5.10 Å². The summed E-state index contributed by atoms with van der Waals surface area (Å²) >= 11 is 0. The molecule has 1 fully saturated rings. The number of benzene rings is 2. The number of allylic oxidation sites excluding steroid dienone is 2. The van der Waals surface area contributed by atoms with E-state index in [1.165, 1.54) is 0 Å². The summed E-state index contributed by atoms with van der Waals surface area (Å²) in [6, 6.07) is 18.8. The normalized spacial score (nSPS) is 18.7. The van der Waals surface area contributed by atoms with E-state index < -0.39 is 0 Å². The van der Waals surface area contributed by atoms with Gasteiger partial charge in [-0.3, -0.25) is 0 Å². The minimum absolute atomic E-state index is 0.362. The first-order chi connectivity index (χ1) is 14.8. The number of rotatable bonds is 5. The minimum Gasteiger partial charge on any atom is -0.423 e. The van der Waals surface area contributed by atoms with Crippen molar-refractivity contribution in [3.63, 3.8) is 0 Å². The van der Waals surface area contributed by atoms with E-state index in [1.54, 1.807) is 18.3 Å². The molecule has 30 heavy (non-hydrogen) atoms. The molecule has 1 aliphatic heterocycles. The Morgan fingerprint density at radius 3 is 2.33 bits per heavy atom. The van der Waals surface area contributed by atoms with Gasteiger partial charge in [0, 0.05) is 18.8 Å². The molecule has 0 radical (unpaired) electrons. The third-order valence-corrected chi connectivity index (χ3v) is 5.31.